The van der Waals surface area contributed by atoms with E-state index in [0.717, 1.165) is 54.0 Å². The van der Waals surface area contributed by atoms with E-state index in [1.54, 1.807) is 12.5 Å². The first-order valence-corrected chi connectivity index (χ1v) is 11.6. The Morgan fingerprint density at radius 1 is 1.28 bits per heavy atom. The fourth-order valence-electron chi connectivity index (χ4n) is 3.79. The van der Waals surface area contributed by atoms with Gasteiger partial charge in [-0.15, -0.1) is 0 Å². The molecule has 0 aromatic carbocycles. The highest BCUT2D eigenvalue weighted by molar-refractivity contribution is 8.05. The van der Waals surface area contributed by atoms with Gasteiger partial charge in [0.05, 0.1) is 30.1 Å². The first kappa shape index (κ1) is 22.7. The fraction of sp³-hybridized carbons (Fsp3) is 0.435. The van der Waals surface area contributed by atoms with Gasteiger partial charge in [-0.3, -0.25) is 19.9 Å². The van der Waals surface area contributed by atoms with Crippen molar-refractivity contribution in [2.24, 2.45) is 5.92 Å². The lowest BCUT2D eigenvalue weighted by atomic mass is 9.94. The summed E-state index contributed by atoms with van der Waals surface area (Å²) in [5.74, 6) is 0.981. The van der Waals surface area contributed by atoms with Crippen molar-refractivity contribution in [3.05, 3.63) is 58.1 Å². The number of hydrogen-bond acceptors (Lipinski definition) is 9. The molecule has 1 atom stereocenters. The van der Waals surface area contributed by atoms with Crippen LogP contribution in [0.4, 0.5) is 0 Å². The van der Waals surface area contributed by atoms with Crippen LogP contribution in [-0.4, -0.2) is 49.4 Å². The van der Waals surface area contributed by atoms with Gasteiger partial charge in [0, 0.05) is 48.6 Å². The van der Waals surface area contributed by atoms with Gasteiger partial charge in [0.25, 0.3) is 0 Å². The summed E-state index contributed by atoms with van der Waals surface area (Å²) in [5, 5.41) is 6.43. The van der Waals surface area contributed by atoms with Gasteiger partial charge >= 0.3 is 0 Å². The van der Waals surface area contributed by atoms with E-state index in [2.05, 4.69) is 15.6 Å². The molecule has 0 aliphatic carbocycles. The van der Waals surface area contributed by atoms with Crippen LogP contribution < -0.4 is 10.6 Å². The topological polar surface area (TPSA) is 103 Å². The third kappa shape index (κ3) is 5.29. The van der Waals surface area contributed by atoms with Crippen LogP contribution in [0.5, 0.6) is 0 Å². The molecule has 3 aliphatic heterocycles. The number of carbonyl (C=O) groups is 2. The number of furan rings is 1. The monoisotopic (exact) mass is 457 g/mol. The lowest BCUT2D eigenvalue weighted by Crippen LogP contribution is -2.32. The molecule has 2 N–H and O–H groups in total. The molecule has 32 heavy (non-hydrogen) atoms. The average molecular weight is 458 g/mol. The molecule has 0 amide bonds. The number of pyridine rings is 1. The quantitative estimate of drug-likeness (QED) is 0.656. The van der Waals surface area contributed by atoms with Gasteiger partial charge in [-0.05, 0) is 38.1 Å². The Bertz CT molecular complexity index is 970. The van der Waals surface area contributed by atoms with Gasteiger partial charge < -0.3 is 19.2 Å². The van der Waals surface area contributed by atoms with Crippen LogP contribution in [0.2, 0.25) is 0 Å². The van der Waals surface area contributed by atoms with E-state index in [-0.39, 0.29) is 17.2 Å². The number of Topliss-reactive ketones (excluding diaryl/α,β-unsaturated/α-hetero) is 1. The van der Waals surface area contributed by atoms with E-state index in [9.17, 15) is 9.59 Å². The maximum atomic E-state index is 12.7. The Balaban J connectivity index is 0.000000174. The largest absolute Gasteiger partial charge is 0.463 e. The molecule has 8 nitrogen and oxygen atoms in total. The van der Waals surface area contributed by atoms with Crippen LogP contribution >= 0.6 is 11.8 Å². The van der Waals surface area contributed by atoms with E-state index in [1.165, 1.54) is 11.8 Å². The number of thioether (sulfide) groups is 1. The number of nitrogens with zero attached hydrogens (tertiary/aromatic N) is 1. The molecule has 0 saturated carbocycles. The molecule has 3 aliphatic rings. The highest BCUT2D eigenvalue weighted by Crippen LogP contribution is 2.37. The number of rotatable bonds is 5. The minimum Gasteiger partial charge on any atom is -0.463 e. The molecule has 0 bridgehead atoms. The number of ether oxygens (including phenoxy) is 2. The van der Waals surface area contributed by atoms with Crippen LogP contribution in [0, 0.1) is 5.92 Å². The van der Waals surface area contributed by atoms with Gasteiger partial charge in [0.1, 0.15) is 5.50 Å². The lowest BCUT2D eigenvalue weighted by molar-refractivity contribution is -0.121. The van der Waals surface area contributed by atoms with Gasteiger partial charge in [-0.25, -0.2) is 0 Å². The van der Waals surface area contributed by atoms with Crippen LogP contribution in [0.3, 0.4) is 0 Å². The highest BCUT2D eigenvalue weighted by Gasteiger charge is 2.34. The molecule has 1 fully saturated rings. The number of hydrogen-bond donors (Lipinski definition) is 2. The molecule has 2 aromatic heterocycles. The summed E-state index contributed by atoms with van der Waals surface area (Å²) in [6.45, 7) is 2.67. The predicted molar refractivity (Wildman–Crippen MR) is 121 cm³/mol. The van der Waals surface area contributed by atoms with Gasteiger partial charge in [-0.2, -0.15) is 0 Å². The van der Waals surface area contributed by atoms with Crippen molar-refractivity contribution < 1.29 is 23.5 Å². The zero-order valence-electron chi connectivity index (χ0n) is 18.0. The molecule has 9 heteroatoms. The second kappa shape index (κ2) is 10.9. The maximum absolute atomic E-state index is 12.7. The van der Waals surface area contributed by atoms with Crippen LogP contribution in [0.25, 0.3) is 5.70 Å². The summed E-state index contributed by atoms with van der Waals surface area (Å²) in [5.41, 5.74) is 3.54. The third-order valence-corrected chi connectivity index (χ3v) is 6.77. The Hall–Kier alpha value is -2.46. The molecular formula is C23H27N3O5S. The SMILES string of the molecule is CNC1NC(c2ccco2)=C(C(=O)C2CCOCC2)S1.O=Cc1cnc2c(c1)COCC2. The number of aromatic nitrogens is 1. The zero-order valence-corrected chi connectivity index (χ0v) is 18.8. The summed E-state index contributed by atoms with van der Waals surface area (Å²) >= 11 is 1.53. The smallest absolute Gasteiger partial charge is 0.174 e. The molecule has 1 unspecified atom stereocenters. The number of nitrogens with one attached hydrogen (secondary N) is 2. The number of aldehydes is 1. The molecule has 2 aromatic rings. The molecule has 1 saturated heterocycles. The Labute approximate surface area is 191 Å². The second-order valence-corrected chi connectivity index (χ2v) is 8.77. The van der Waals surface area contributed by atoms with Crippen LogP contribution in [-0.2, 0) is 27.3 Å². The van der Waals surface area contributed by atoms with Crippen LogP contribution in [0.15, 0.2) is 40.0 Å². The average Bonchev–Trinajstić information content (AvgIpc) is 3.54. The van der Waals surface area contributed by atoms with E-state index >= 15 is 0 Å². The van der Waals surface area contributed by atoms with Crippen molar-refractivity contribution in [2.75, 3.05) is 26.9 Å². The Morgan fingerprint density at radius 2 is 2.12 bits per heavy atom. The van der Waals surface area contributed by atoms with E-state index in [1.807, 2.05) is 25.2 Å². The third-order valence-electron chi connectivity index (χ3n) is 5.54. The van der Waals surface area contributed by atoms with E-state index in [4.69, 9.17) is 13.9 Å². The second-order valence-electron chi connectivity index (χ2n) is 7.66. The van der Waals surface area contributed by atoms with E-state index < -0.39 is 0 Å². The first-order valence-electron chi connectivity index (χ1n) is 10.7. The molecule has 0 spiro atoms. The fourth-order valence-corrected chi connectivity index (χ4v) is 4.88. The molecule has 5 heterocycles. The van der Waals surface area contributed by atoms with Crippen molar-refractivity contribution in [3.8, 4) is 0 Å². The summed E-state index contributed by atoms with van der Waals surface area (Å²) in [4.78, 5) is 28.1. The maximum Gasteiger partial charge on any atom is 0.174 e. The summed E-state index contributed by atoms with van der Waals surface area (Å²) in [7, 11) is 1.87. The van der Waals surface area contributed by atoms with Gasteiger partial charge in [0.15, 0.2) is 17.8 Å². The zero-order chi connectivity index (χ0) is 22.3. The summed E-state index contributed by atoms with van der Waals surface area (Å²) in [6.07, 6.45) is 6.50. The molecule has 170 valence electrons. The minimum atomic E-state index is 0.00823. The molecule has 5 rings (SSSR count). The van der Waals surface area contributed by atoms with Gasteiger partial charge in [-0.1, -0.05) is 11.8 Å². The number of allylic oxidation sites excluding steroid dienone is 1. The number of fused-ring (bicyclic) bond motifs is 1. The van der Waals surface area contributed by atoms with Crippen molar-refractivity contribution in [3.63, 3.8) is 0 Å². The summed E-state index contributed by atoms with van der Waals surface area (Å²) in [6, 6.07) is 5.55. The lowest BCUT2D eigenvalue weighted by Gasteiger charge is -2.21. The van der Waals surface area contributed by atoms with Gasteiger partial charge in [0.2, 0.25) is 0 Å². The van der Waals surface area contributed by atoms with Crippen molar-refractivity contribution in [1.29, 1.82) is 0 Å². The van der Waals surface area contributed by atoms with Crippen molar-refractivity contribution in [2.45, 2.75) is 31.4 Å². The Kier molecular flexibility index (Phi) is 7.75. The van der Waals surface area contributed by atoms with Crippen molar-refractivity contribution >= 4 is 29.5 Å². The van der Waals surface area contributed by atoms with Crippen LogP contribution in [0.1, 0.15) is 40.2 Å². The normalized spacial score (nSPS) is 20.7. The minimum absolute atomic E-state index is 0.00823. The predicted octanol–water partition coefficient (Wildman–Crippen LogP) is 2.75. The Morgan fingerprint density at radius 3 is 2.84 bits per heavy atom. The molecular weight excluding hydrogens is 430 g/mol. The first-order chi connectivity index (χ1) is 15.7. The summed E-state index contributed by atoms with van der Waals surface area (Å²) < 4.78 is 16.0. The molecule has 0 radical (unpaired) electrons. The number of carbonyl (C=O) groups excluding carboxylic acids is 2. The van der Waals surface area contributed by atoms with E-state index in [0.29, 0.717) is 31.1 Å². The highest BCUT2D eigenvalue weighted by atomic mass is 32.2. The standard InChI is InChI=1S/C14H18N2O3S.C9H9NO2/c1-15-14-16-11(10-3-2-6-19-10)13(20-14)12(17)9-4-7-18-8-5-9;11-5-7-3-8-6-12-2-1-9(8)10-4-7/h2-3,6,9,14-16H,4-5,7-8H2,1H3;3-5H,1-2,6H2. The van der Waals surface area contributed by atoms with Crippen molar-refractivity contribution in [1.82, 2.24) is 15.6 Å². The number of ketones is 1.